The van der Waals surface area contributed by atoms with Crippen molar-refractivity contribution in [1.29, 1.82) is 0 Å². The molecule has 0 aliphatic heterocycles. The van der Waals surface area contributed by atoms with E-state index in [9.17, 15) is 13.6 Å². The van der Waals surface area contributed by atoms with Crippen molar-refractivity contribution in [2.75, 3.05) is 0 Å². The van der Waals surface area contributed by atoms with Gasteiger partial charge in [-0.3, -0.25) is 4.79 Å². The fraction of sp³-hybridized carbons (Fsp3) is 0. The van der Waals surface area contributed by atoms with Crippen LogP contribution in [0.2, 0.25) is 5.02 Å². The van der Waals surface area contributed by atoms with Crippen molar-refractivity contribution < 1.29 is 13.6 Å². The van der Waals surface area contributed by atoms with Gasteiger partial charge in [0.1, 0.15) is 11.6 Å². The van der Waals surface area contributed by atoms with Crippen LogP contribution in [0.3, 0.4) is 0 Å². The van der Waals surface area contributed by atoms with Gasteiger partial charge < -0.3 is 0 Å². The minimum absolute atomic E-state index is 0.193. The molecule has 0 amide bonds. The molecule has 2 aromatic rings. The Kier molecular flexibility index (Phi) is 3.78. The van der Waals surface area contributed by atoms with E-state index in [0.29, 0.717) is 9.50 Å². The Bertz CT molecular complexity index is 608. The van der Waals surface area contributed by atoms with Crippen LogP contribution in [0.15, 0.2) is 40.9 Å². The molecule has 0 fully saturated rings. The second-order valence-electron chi connectivity index (χ2n) is 3.61. The van der Waals surface area contributed by atoms with Crippen molar-refractivity contribution >= 4 is 33.3 Å². The highest BCUT2D eigenvalue weighted by atomic mass is 79.9. The van der Waals surface area contributed by atoms with Crippen LogP contribution >= 0.6 is 27.5 Å². The van der Waals surface area contributed by atoms with Crippen molar-refractivity contribution in [2.24, 2.45) is 0 Å². The van der Waals surface area contributed by atoms with E-state index in [0.717, 1.165) is 18.2 Å². The van der Waals surface area contributed by atoms with Gasteiger partial charge in [0.25, 0.3) is 0 Å². The SMILES string of the molecule is O=C(c1cc(Cl)cc(Br)c1)c1cc(F)ccc1F. The Balaban J connectivity index is 2.51. The van der Waals surface area contributed by atoms with Crippen LogP contribution in [0.4, 0.5) is 8.78 Å². The second kappa shape index (κ2) is 5.16. The summed E-state index contributed by atoms with van der Waals surface area (Å²) >= 11 is 8.98. The third-order valence-electron chi connectivity index (χ3n) is 2.30. The van der Waals surface area contributed by atoms with Crippen LogP contribution in [0.1, 0.15) is 15.9 Å². The van der Waals surface area contributed by atoms with Gasteiger partial charge in [0, 0.05) is 15.1 Å². The van der Waals surface area contributed by atoms with Crippen LogP contribution in [-0.4, -0.2) is 5.78 Å². The quantitative estimate of drug-likeness (QED) is 0.734. The Morgan fingerprint density at radius 3 is 2.50 bits per heavy atom. The fourth-order valence-corrected chi connectivity index (χ4v) is 2.37. The van der Waals surface area contributed by atoms with Crippen molar-refractivity contribution in [3.05, 3.63) is 68.7 Å². The fourth-order valence-electron chi connectivity index (χ4n) is 1.51. The van der Waals surface area contributed by atoms with E-state index in [1.165, 1.54) is 12.1 Å². The summed E-state index contributed by atoms with van der Waals surface area (Å²) in [6.07, 6.45) is 0. The molecule has 0 aliphatic rings. The zero-order valence-electron chi connectivity index (χ0n) is 8.88. The summed E-state index contributed by atoms with van der Waals surface area (Å²) in [5.74, 6) is -2.05. The Morgan fingerprint density at radius 2 is 1.83 bits per heavy atom. The number of carbonyl (C=O) groups is 1. The highest BCUT2D eigenvalue weighted by molar-refractivity contribution is 9.10. The molecule has 92 valence electrons. The zero-order chi connectivity index (χ0) is 13.3. The van der Waals surface area contributed by atoms with Crippen LogP contribution < -0.4 is 0 Å². The molecule has 0 N–H and O–H groups in total. The number of rotatable bonds is 2. The van der Waals surface area contributed by atoms with E-state index >= 15 is 0 Å². The predicted molar refractivity (Wildman–Crippen MR) is 68.9 cm³/mol. The molecular weight excluding hydrogens is 325 g/mol. The molecule has 0 unspecified atom stereocenters. The number of carbonyl (C=O) groups excluding carboxylic acids is 1. The van der Waals surface area contributed by atoms with E-state index in [1.807, 2.05) is 0 Å². The minimum atomic E-state index is -0.766. The average molecular weight is 332 g/mol. The van der Waals surface area contributed by atoms with Crippen molar-refractivity contribution in [3.63, 3.8) is 0 Å². The molecule has 1 nitrogen and oxygen atoms in total. The lowest BCUT2D eigenvalue weighted by Gasteiger charge is -2.04. The Morgan fingerprint density at radius 1 is 1.11 bits per heavy atom. The molecule has 2 rings (SSSR count). The molecular formula is C13H6BrClF2O. The highest BCUT2D eigenvalue weighted by Crippen LogP contribution is 2.22. The molecule has 0 radical (unpaired) electrons. The molecule has 0 atom stereocenters. The average Bonchev–Trinajstić information content (AvgIpc) is 2.30. The summed E-state index contributed by atoms with van der Waals surface area (Å²) < 4.78 is 27.1. The molecule has 0 saturated heterocycles. The first-order valence-electron chi connectivity index (χ1n) is 4.93. The molecule has 18 heavy (non-hydrogen) atoms. The first-order valence-corrected chi connectivity index (χ1v) is 6.10. The van der Waals surface area contributed by atoms with Gasteiger partial charge in [-0.2, -0.15) is 0 Å². The molecule has 2 aromatic carbocycles. The molecule has 0 aromatic heterocycles. The standard InChI is InChI=1S/C13H6BrClF2O/c14-8-3-7(4-9(15)5-8)13(18)11-6-10(16)1-2-12(11)17/h1-6H. The topological polar surface area (TPSA) is 17.1 Å². The predicted octanol–water partition coefficient (Wildman–Crippen LogP) is 4.61. The third-order valence-corrected chi connectivity index (χ3v) is 2.97. The minimum Gasteiger partial charge on any atom is -0.288 e. The van der Waals surface area contributed by atoms with E-state index in [2.05, 4.69) is 15.9 Å². The Labute approximate surface area is 116 Å². The maximum atomic E-state index is 13.5. The highest BCUT2D eigenvalue weighted by Gasteiger charge is 2.15. The largest absolute Gasteiger partial charge is 0.288 e. The lowest BCUT2D eigenvalue weighted by atomic mass is 10.0. The summed E-state index contributed by atoms with van der Waals surface area (Å²) in [6, 6.07) is 7.24. The maximum absolute atomic E-state index is 13.5. The second-order valence-corrected chi connectivity index (χ2v) is 4.96. The number of ketones is 1. The molecule has 0 spiro atoms. The maximum Gasteiger partial charge on any atom is 0.196 e. The Hall–Kier alpha value is -1.26. The first-order chi connectivity index (χ1) is 8.47. The van der Waals surface area contributed by atoms with Gasteiger partial charge in [0.2, 0.25) is 0 Å². The van der Waals surface area contributed by atoms with Gasteiger partial charge in [0.15, 0.2) is 5.78 Å². The normalized spacial score (nSPS) is 10.4. The van der Waals surface area contributed by atoms with Gasteiger partial charge in [-0.05, 0) is 36.4 Å². The number of hydrogen-bond donors (Lipinski definition) is 0. The lowest BCUT2D eigenvalue weighted by Crippen LogP contribution is -2.05. The zero-order valence-corrected chi connectivity index (χ0v) is 11.2. The van der Waals surface area contributed by atoms with E-state index in [4.69, 9.17) is 11.6 Å². The lowest BCUT2D eigenvalue weighted by molar-refractivity contribution is 0.103. The van der Waals surface area contributed by atoms with Gasteiger partial charge in [-0.25, -0.2) is 8.78 Å². The number of hydrogen-bond acceptors (Lipinski definition) is 1. The van der Waals surface area contributed by atoms with Crippen molar-refractivity contribution in [1.82, 2.24) is 0 Å². The monoisotopic (exact) mass is 330 g/mol. The third kappa shape index (κ3) is 2.76. The first kappa shape index (κ1) is 13.2. The summed E-state index contributed by atoms with van der Waals surface area (Å²) in [6.45, 7) is 0. The van der Waals surface area contributed by atoms with E-state index in [1.54, 1.807) is 6.07 Å². The van der Waals surface area contributed by atoms with Crippen molar-refractivity contribution in [3.8, 4) is 0 Å². The number of benzene rings is 2. The molecule has 0 aliphatic carbocycles. The van der Waals surface area contributed by atoms with Crippen molar-refractivity contribution in [2.45, 2.75) is 0 Å². The summed E-state index contributed by atoms with van der Waals surface area (Å²) in [5, 5.41) is 0.338. The van der Waals surface area contributed by atoms with Gasteiger partial charge in [-0.15, -0.1) is 0 Å². The summed E-state index contributed by atoms with van der Waals surface area (Å²) in [5.41, 5.74) is -0.122. The van der Waals surface area contributed by atoms with Gasteiger partial charge in [-0.1, -0.05) is 27.5 Å². The van der Waals surface area contributed by atoms with E-state index in [-0.39, 0.29) is 11.1 Å². The molecule has 5 heteroatoms. The van der Waals surface area contributed by atoms with Crippen LogP contribution in [-0.2, 0) is 0 Å². The van der Waals surface area contributed by atoms with Crippen LogP contribution in [0.5, 0.6) is 0 Å². The number of halogens is 4. The van der Waals surface area contributed by atoms with Gasteiger partial charge in [0.05, 0.1) is 5.56 Å². The van der Waals surface area contributed by atoms with E-state index < -0.39 is 17.4 Å². The van der Waals surface area contributed by atoms with Gasteiger partial charge >= 0.3 is 0 Å². The van der Waals surface area contributed by atoms with Crippen LogP contribution in [0.25, 0.3) is 0 Å². The smallest absolute Gasteiger partial charge is 0.196 e. The van der Waals surface area contributed by atoms with Crippen LogP contribution in [0, 0.1) is 11.6 Å². The molecule has 0 saturated carbocycles. The molecule has 0 heterocycles. The summed E-state index contributed by atoms with van der Waals surface area (Å²) in [4.78, 5) is 12.0. The molecule has 0 bridgehead atoms. The summed E-state index contributed by atoms with van der Waals surface area (Å²) in [7, 11) is 0.